The molecule has 4 rings (SSSR count). The van der Waals surface area contributed by atoms with E-state index in [9.17, 15) is 9.59 Å². The van der Waals surface area contributed by atoms with Crippen molar-refractivity contribution in [1.82, 2.24) is 4.90 Å². The maximum Gasteiger partial charge on any atom is 0.293 e. The van der Waals surface area contributed by atoms with Crippen LogP contribution in [0.25, 0.3) is 6.08 Å². The number of para-hydroxylation sites is 2. The predicted octanol–water partition coefficient (Wildman–Crippen LogP) is 6.44. The highest BCUT2D eigenvalue weighted by Crippen LogP contribution is 2.35. The molecular formula is C28H26ClNO6S. The average molecular weight is 540 g/mol. The molecule has 3 aromatic carbocycles. The first-order valence-electron chi connectivity index (χ1n) is 11.6. The number of hydrogen-bond donors (Lipinski definition) is 0. The van der Waals surface area contributed by atoms with Gasteiger partial charge in [0.1, 0.15) is 13.2 Å². The molecule has 0 bridgehead atoms. The molecule has 1 saturated heterocycles. The normalized spacial score (nSPS) is 14.2. The number of carbonyl (C=O) groups excluding carboxylic acids is 2. The molecule has 1 fully saturated rings. The molecule has 0 radical (unpaired) electrons. The van der Waals surface area contributed by atoms with Gasteiger partial charge >= 0.3 is 0 Å². The molecule has 7 nitrogen and oxygen atoms in total. The Balaban J connectivity index is 1.42. The molecule has 0 spiro atoms. The lowest BCUT2D eigenvalue weighted by Crippen LogP contribution is -2.32. The molecule has 0 N–H and O–H groups in total. The molecule has 1 aliphatic heterocycles. The van der Waals surface area contributed by atoms with E-state index in [1.54, 1.807) is 43.5 Å². The van der Waals surface area contributed by atoms with Crippen LogP contribution in [-0.4, -0.2) is 42.9 Å². The fourth-order valence-electron chi connectivity index (χ4n) is 3.62. The Hall–Kier alpha value is -3.62. The molecule has 0 unspecified atom stereocenters. The number of hydrogen-bond acceptors (Lipinski definition) is 7. The van der Waals surface area contributed by atoms with E-state index in [4.69, 9.17) is 30.5 Å². The third-order valence-corrected chi connectivity index (χ3v) is 6.51. The van der Waals surface area contributed by atoms with E-state index >= 15 is 0 Å². The molecule has 192 valence electrons. The number of benzene rings is 3. The van der Waals surface area contributed by atoms with E-state index in [0.29, 0.717) is 51.7 Å². The van der Waals surface area contributed by atoms with Crippen molar-refractivity contribution in [2.45, 2.75) is 13.5 Å². The zero-order valence-corrected chi connectivity index (χ0v) is 22.0. The highest BCUT2D eigenvalue weighted by Gasteiger charge is 2.34. The molecule has 1 heterocycles. The Morgan fingerprint density at radius 1 is 0.892 bits per heavy atom. The van der Waals surface area contributed by atoms with Gasteiger partial charge in [0, 0.05) is 5.02 Å². The van der Waals surface area contributed by atoms with E-state index in [-0.39, 0.29) is 24.3 Å². The molecule has 37 heavy (non-hydrogen) atoms. The highest BCUT2D eigenvalue weighted by atomic mass is 35.5. The third-order valence-electron chi connectivity index (χ3n) is 5.36. The summed E-state index contributed by atoms with van der Waals surface area (Å²) in [6, 6.07) is 20.0. The predicted molar refractivity (Wildman–Crippen MR) is 145 cm³/mol. The SMILES string of the molecule is CCOc1cc(/C=C2\SC(=O)N(CCOc3ccccc3OC)C2=O)ccc1OCc1cccc(Cl)c1. The van der Waals surface area contributed by atoms with Gasteiger partial charge in [0.25, 0.3) is 11.1 Å². The summed E-state index contributed by atoms with van der Waals surface area (Å²) >= 11 is 6.95. The van der Waals surface area contributed by atoms with Crippen LogP contribution in [0.2, 0.25) is 5.02 Å². The lowest BCUT2D eigenvalue weighted by molar-refractivity contribution is -0.123. The Morgan fingerprint density at radius 3 is 2.43 bits per heavy atom. The number of halogens is 1. The zero-order chi connectivity index (χ0) is 26.2. The van der Waals surface area contributed by atoms with Crippen LogP contribution in [0.5, 0.6) is 23.0 Å². The standard InChI is InChI=1S/C28H26ClNO6S/c1-3-34-25-16-19(11-12-24(25)36-18-20-7-6-8-21(29)15-20)17-26-27(31)30(28(32)37-26)13-14-35-23-10-5-4-9-22(23)33-2/h4-12,15-17H,3,13-14,18H2,1-2H3/b26-17-. The summed E-state index contributed by atoms with van der Waals surface area (Å²) in [5.74, 6) is 1.89. The van der Waals surface area contributed by atoms with Crippen LogP contribution in [-0.2, 0) is 11.4 Å². The minimum absolute atomic E-state index is 0.126. The fraction of sp³-hybridized carbons (Fsp3) is 0.214. The topological polar surface area (TPSA) is 74.3 Å². The Labute approximate surface area is 224 Å². The maximum absolute atomic E-state index is 12.9. The Kier molecular flexibility index (Phi) is 8.98. The summed E-state index contributed by atoms with van der Waals surface area (Å²) in [6.45, 7) is 2.93. The first-order valence-corrected chi connectivity index (χ1v) is 12.8. The van der Waals surface area contributed by atoms with E-state index in [2.05, 4.69) is 0 Å². The first-order chi connectivity index (χ1) is 18.0. The molecular weight excluding hydrogens is 514 g/mol. The summed E-state index contributed by atoms with van der Waals surface area (Å²) in [5.41, 5.74) is 1.65. The Bertz CT molecular complexity index is 1310. The van der Waals surface area contributed by atoms with Gasteiger partial charge < -0.3 is 18.9 Å². The highest BCUT2D eigenvalue weighted by molar-refractivity contribution is 8.18. The van der Waals surface area contributed by atoms with E-state index in [0.717, 1.165) is 17.3 Å². The van der Waals surface area contributed by atoms with Crippen LogP contribution in [0.4, 0.5) is 4.79 Å². The number of thioether (sulfide) groups is 1. The smallest absolute Gasteiger partial charge is 0.293 e. The Morgan fingerprint density at radius 2 is 1.68 bits per heavy atom. The second kappa shape index (κ2) is 12.6. The second-order valence-corrected chi connectivity index (χ2v) is 9.32. The molecule has 0 saturated carbocycles. The molecule has 3 aromatic rings. The maximum atomic E-state index is 12.9. The number of rotatable bonds is 11. The van der Waals surface area contributed by atoms with Crippen LogP contribution in [0.15, 0.2) is 71.6 Å². The van der Waals surface area contributed by atoms with Crippen molar-refractivity contribution in [3.8, 4) is 23.0 Å². The molecule has 9 heteroatoms. The molecule has 0 aliphatic carbocycles. The lowest BCUT2D eigenvalue weighted by Gasteiger charge is -2.14. The fourth-order valence-corrected chi connectivity index (χ4v) is 4.70. The number of carbonyl (C=O) groups is 2. The van der Waals surface area contributed by atoms with Crippen LogP contribution >= 0.6 is 23.4 Å². The molecule has 1 aliphatic rings. The van der Waals surface area contributed by atoms with Gasteiger partial charge in [-0.25, -0.2) is 0 Å². The summed E-state index contributed by atoms with van der Waals surface area (Å²) in [6.07, 6.45) is 1.68. The van der Waals surface area contributed by atoms with Crippen LogP contribution in [0.1, 0.15) is 18.1 Å². The van der Waals surface area contributed by atoms with Crippen LogP contribution in [0, 0.1) is 0 Å². The number of nitrogens with zero attached hydrogens (tertiary/aromatic N) is 1. The zero-order valence-electron chi connectivity index (χ0n) is 20.4. The van der Waals surface area contributed by atoms with Crippen molar-refractivity contribution in [1.29, 1.82) is 0 Å². The average Bonchev–Trinajstić information content (AvgIpc) is 3.16. The minimum atomic E-state index is -0.363. The van der Waals surface area contributed by atoms with Gasteiger partial charge in [-0.2, -0.15) is 0 Å². The van der Waals surface area contributed by atoms with Gasteiger partial charge in [0.2, 0.25) is 0 Å². The quantitative estimate of drug-likeness (QED) is 0.259. The van der Waals surface area contributed by atoms with Crippen LogP contribution < -0.4 is 18.9 Å². The number of methoxy groups -OCH3 is 1. The van der Waals surface area contributed by atoms with Crippen molar-refractivity contribution >= 4 is 40.6 Å². The van der Waals surface area contributed by atoms with Gasteiger partial charge in [0.15, 0.2) is 23.0 Å². The summed E-state index contributed by atoms with van der Waals surface area (Å²) < 4.78 is 22.7. The summed E-state index contributed by atoms with van der Waals surface area (Å²) in [7, 11) is 1.55. The van der Waals surface area contributed by atoms with E-state index < -0.39 is 0 Å². The number of amides is 2. The van der Waals surface area contributed by atoms with Gasteiger partial charge in [-0.15, -0.1) is 0 Å². The van der Waals surface area contributed by atoms with Crippen molar-refractivity contribution in [2.75, 3.05) is 26.9 Å². The van der Waals surface area contributed by atoms with Crippen LogP contribution in [0.3, 0.4) is 0 Å². The minimum Gasteiger partial charge on any atom is -0.493 e. The largest absolute Gasteiger partial charge is 0.493 e. The first kappa shape index (κ1) is 26.4. The summed E-state index contributed by atoms with van der Waals surface area (Å²) in [5, 5.41) is 0.299. The van der Waals surface area contributed by atoms with Gasteiger partial charge in [-0.05, 0) is 72.3 Å². The second-order valence-electron chi connectivity index (χ2n) is 7.89. The monoisotopic (exact) mass is 539 g/mol. The van der Waals surface area contributed by atoms with Gasteiger partial charge in [0.05, 0.1) is 25.2 Å². The summed E-state index contributed by atoms with van der Waals surface area (Å²) in [4.78, 5) is 26.9. The van der Waals surface area contributed by atoms with E-state index in [1.165, 1.54) is 4.90 Å². The lowest BCUT2D eigenvalue weighted by atomic mass is 10.1. The van der Waals surface area contributed by atoms with Gasteiger partial charge in [-0.3, -0.25) is 14.5 Å². The van der Waals surface area contributed by atoms with E-state index in [1.807, 2.05) is 43.3 Å². The molecule has 0 aromatic heterocycles. The van der Waals surface area contributed by atoms with Crippen molar-refractivity contribution in [3.63, 3.8) is 0 Å². The third kappa shape index (κ3) is 6.78. The van der Waals surface area contributed by atoms with Crippen molar-refractivity contribution in [3.05, 3.63) is 87.8 Å². The number of ether oxygens (including phenoxy) is 4. The molecule has 0 atom stereocenters. The van der Waals surface area contributed by atoms with Crippen molar-refractivity contribution < 1.29 is 28.5 Å². The number of imide groups is 1. The van der Waals surface area contributed by atoms with Crippen molar-refractivity contribution in [2.24, 2.45) is 0 Å². The van der Waals surface area contributed by atoms with Gasteiger partial charge in [-0.1, -0.05) is 41.9 Å². The molecule has 2 amide bonds.